The minimum Gasteiger partial charge on any atom is -0.353 e. The van der Waals surface area contributed by atoms with Gasteiger partial charge in [-0.05, 0) is 43.9 Å². The molecule has 2 fully saturated rings. The van der Waals surface area contributed by atoms with Crippen molar-refractivity contribution in [2.45, 2.75) is 51.1 Å². The van der Waals surface area contributed by atoms with E-state index in [2.05, 4.69) is 16.3 Å². The lowest BCUT2D eigenvalue weighted by atomic mass is 9.96. The smallest absolute Gasteiger partial charge is 0.224 e. The molecule has 2 aliphatic rings. The van der Waals surface area contributed by atoms with E-state index >= 15 is 0 Å². The molecule has 1 saturated heterocycles. The van der Waals surface area contributed by atoms with Gasteiger partial charge in [-0.15, -0.1) is 0 Å². The minimum absolute atomic E-state index is 0.136. The fourth-order valence-electron chi connectivity index (χ4n) is 3.67. The predicted octanol–water partition coefficient (Wildman–Crippen LogP) is 3.61. The van der Waals surface area contributed by atoms with Crippen LogP contribution < -0.4 is 5.32 Å². The summed E-state index contributed by atoms with van der Waals surface area (Å²) in [6.07, 6.45) is 6.93. The van der Waals surface area contributed by atoms with Gasteiger partial charge in [-0.3, -0.25) is 9.69 Å². The molecule has 22 heavy (non-hydrogen) atoms. The van der Waals surface area contributed by atoms with E-state index in [0.717, 1.165) is 55.9 Å². The Morgan fingerprint density at radius 2 is 1.95 bits per heavy atom. The molecule has 1 heterocycles. The lowest BCUT2D eigenvalue weighted by molar-refractivity contribution is -0.127. The van der Waals surface area contributed by atoms with Crippen LogP contribution in [0.4, 0.5) is 0 Å². The molecule has 1 atom stereocenters. The number of hydrogen-bond donors (Lipinski definition) is 1. The van der Waals surface area contributed by atoms with E-state index in [4.69, 9.17) is 11.6 Å². The number of likely N-dealkylation sites (tertiary alicyclic amines) is 1. The number of halogens is 1. The maximum absolute atomic E-state index is 12.5. The summed E-state index contributed by atoms with van der Waals surface area (Å²) in [5, 5.41) is 4.07. The number of piperidine rings is 1. The van der Waals surface area contributed by atoms with Crippen LogP contribution in [0.25, 0.3) is 0 Å². The first-order valence-electron chi connectivity index (χ1n) is 8.48. The van der Waals surface area contributed by atoms with Crippen molar-refractivity contribution in [3.63, 3.8) is 0 Å². The highest BCUT2D eigenvalue weighted by atomic mass is 35.5. The van der Waals surface area contributed by atoms with Gasteiger partial charge in [0.05, 0.1) is 5.92 Å². The third kappa shape index (κ3) is 4.02. The topological polar surface area (TPSA) is 32.3 Å². The molecule has 3 nitrogen and oxygen atoms in total. The monoisotopic (exact) mass is 320 g/mol. The molecule has 1 aromatic carbocycles. The maximum atomic E-state index is 12.5. The molecule has 1 aliphatic carbocycles. The molecule has 0 radical (unpaired) electrons. The van der Waals surface area contributed by atoms with Crippen molar-refractivity contribution in [2.75, 3.05) is 13.1 Å². The van der Waals surface area contributed by atoms with Crippen LogP contribution in [-0.2, 0) is 11.3 Å². The Kier molecular flexibility index (Phi) is 5.37. The molecule has 0 spiro atoms. The standard InChI is InChI=1S/C18H25ClN2O/c19-17-10-4-1-6-14(17)12-21-11-5-7-15(13-21)18(22)20-16-8-2-3-9-16/h1,4,6,10,15-16H,2-3,5,7-9,11-13H2,(H,20,22). The summed E-state index contributed by atoms with van der Waals surface area (Å²) in [6.45, 7) is 2.75. The van der Waals surface area contributed by atoms with E-state index < -0.39 is 0 Å². The number of benzene rings is 1. The van der Waals surface area contributed by atoms with Gasteiger partial charge in [0.25, 0.3) is 0 Å². The van der Waals surface area contributed by atoms with Gasteiger partial charge in [0, 0.05) is 24.2 Å². The van der Waals surface area contributed by atoms with Gasteiger partial charge in [-0.1, -0.05) is 42.6 Å². The number of rotatable bonds is 4. The van der Waals surface area contributed by atoms with Crippen molar-refractivity contribution in [3.8, 4) is 0 Å². The van der Waals surface area contributed by atoms with Crippen molar-refractivity contribution >= 4 is 17.5 Å². The van der Waals surface area contributed by atoms with Gasteiger partial charge < -0.3 is 5.32 Å². The first-order chi connectivity index (χ1) is 10.7. The number of nitrogens with zero attached hydrogens (tertiary/aromatic N) is 1. The van der Waals surface area contributed by atoms with Crippen LogP contribution >= 0.6 is 11.6 Å². The summed E-state index contributed by atoms with van der Waals surface area (Å²) in [5.74, 6) is 0.396. The summed E-state index contributed by atoms with van der Waals surface area (Å²) in [7, 11) is 0. The molecule has 1 aromatic rings. The molecule has 1 saturated carbocycles. The fraction of sp³-hybridized carbons (Fsp3) is 0.611. The molecule has 0 aromatic heterocycles. The SMILES string of the molecule is O=C(NC1CCCC1)C1CCCN(Cc2ccccc2Cl)C1. The molecule has 1 unspecified atom stereocenters. The minimum atomic E-state index is 0.136. The van der Waals surface area contributed by atoms with E-state index in [1.807, 2.05) is 18.2 Å². The van der Waals surface area contributed by atoms with Crippen molar-refractivity contribution in [1.82, 2.24) is 10.2 Å². The van der Waals surface area contributed by atoms with Crippen LogP contribution in [0.2, 0.25) is 5.02 Å². The van der Waals surface area contributed by atoms with E-state index in [1.165, 1.54) is 12.8 Å². The van der Waals surface area contributed by atoms with E-state index in [-0.39, 0.29) is 11.8 Å². The Morgan fingerprint density at radius 1 is 1.18 bits per heavy atom. The summed E-state index contributed by atoms with van der Waals surface area (Å²) < 4.78 is 0. The Bertz CT molecular complexity index is 514. The predicted molar refractivity (Wildman–Crippen MR) is 89.9 cm³/mol. The second-order valence-electron chi connectivity index (χ2n) is 6.66. The number of nitrogens with one attached hydrogen (secondary N) is 1. The van der Waals surface area contributed by atoms with Crippen LogP contribution in [0.1, 0.15) is 44.1 Å². The molecular formula is C18H25ClN2O. The highest BCUT2D eigenvalue weighted by Crippen LogP contribution is 2.23. The Hall–Kier alpha value is -1.06. The lowest BCUT2D eigenvalue weighted by Crippen LogP contribution is -2.45. The van der Waals surface area contributed by atoms with Gasteiger partial charge >= 0.3 is 0 Å². The molecule has 3 rings (SSSR count). The lowest BCUT2D eigenvalue weighted by Gasteiger charge is -2.32. The third-order valence-electron chi connectivity index (χ3n) is 4.93. The Balaban J connectivity index is 1.54. The van der Waals surface area contributed by atoms with Gasteiger partial charge in [0.1, 0.15) is 0 Å². The van der Waals surface area contributed by atoms with E-state index in [0.29, 0.717) is 6.04 Å². The Labute approximate surface area is 138 Å². The molecule has 1 aliphatic heterocycles. The highest BCUT2D eigenvalue weighted by Gasteiger charge is 2.28. The molecule has 1 amide bonds. The molecular weight excluding hydrogens is 296 g/mol. The zero-order chi connectivity index (χ0) is 15.4. The van der Waals surface area contributed by atoms with Crippen LogP contribution in [0, 0.1) is 5.92 Å². The van der Waals surface area contributed by atoms with E-state index in [1.54, 1.807) is 0 Å². The van der Waals surface area contributed by atoms with Crippen LogP contribution in [0.5, 0.6) is 0 Å². The van der Waals surface area contributed by atoms with Crippen molar-refractivity contribution in [2.24, 2.45) is 5.92 Å². The fourth-order valence-corrected chi connectivity index (χ4v) is 3.87. The first kappa shape index (κ1) is 15.8. The molecule has 120 valence electrons. The van der Waals surface area contributed by atoms with Crippen molar-refractivity contribution < 1.29 is 4.79 Å². The van der Waals surface area contributed by atoms with Gasteiger partial charge in [0.2, 0.25) is 5.91 Å². The zero-order valence-corrected chi connectivity index (χ0v) is 13.8. The second-order valence-corrected chi connectivity index (χ2v) is 7.06. The van der Waals surface area contributed by atoms with Crippen LogP contribution in [-0.4, -0.2) is 29.9 Å². The molecule has 1 N–H and O–H groups in total. The van der Waals surface area contributed by atoms with Crippen molar-refractivity contribution in [1.29, 1.82) is 0 Å². The van der Waals surface area contributed by atoms with Crippen molar-refractivity contribution in [3.05, 3.63) is 34.9 Å². The summed E-state index contributed by atoms with van der Waals surface area (Å²) in [4.78, 5) is 14.8. The average Bonchev–Trinajstić information content (AvgIpc) is 3.03. The second kappa shape index (κ2) is 7.47. The highest BCUT2D eigenvalue weighted by molar-refractivity contribution is 6.31. The van der Waals surface area contributed by atoms with E-state index in [9.17, 15) is 4.79 Å². The molecule has 0 bridgehead atoms. The Morgan fingerprint density at radius 3 is 2.73 bits per heavy atom. The zero-order valence-electron chi connectivity index (χ0n) is 13.1. The van der Waals surface area contributed by atoms with Gasteiger partial charge in [0.15, 0.2) is 0 Å². The normalized spacial score (nSPS) is 23.6. The number of amides is 1. The quantitative estimate of drug-likeness (QED) is 0.919. The molecule has 4 heteroatoms. The maximum Gasteiger partial charge on any atom is 0.224 e. The largest absolute Gasteiger partial charge is 0.353 e. The third-order valence-corrected chi connectivity index (χ3v) is 5.30. The van der Waals surface area contributed by atoms with Crippen LogP contribution in [0.15, 0.2) is 24.3 Å². The summed E-state index contributed by atoms with van der Waals surface area (Å²) >= 11 is 6.25. The van der Waals surface area contributed by atoms with Gasteiger partial charge in [-0.2, -0.15) is 0 Å². The summed E-state index contributed by atoms with van der Waals surface area (Å²) in [5.41, 5.74) is 1.15. The van der Waals surface area contributed by atoms with Gasteiger partial charge in [-0.25, -0.2) is 0 Å². The average molecular weight is 321 g/mol. The number of hydrogen-bond acceptors (Lipinski definition) is 2. The van der Waals surface area contributed by atoms with Crippen LogP contribution in [0.3, 0.4) is 0 Å². The number of carbonyl (C=O) groups excluding carboxylic acids is 1. The first-order valence-corrected chi connectivity index (χ1v) is 8.86. The summed E-state index contributed by atoms with van der Waals surface area (Å²) in [6, 6.07) is 8.41. The number of carbonyl (C=O) groups is 1.